The van der Waals surface area contributed by atoms with Crippen LogP contribution in [0.3, 0.4) is 0 Å². The average Bonchev–Trinajstić information content (AvgIpc) is 3.15. The molecule has 6 atom stereocenters. The number of hydrogen-bond acceptors (Lipinski definition) is 5. The number of hydrogen-bond donors (Lipinski definition) is 4. The Morgan fingerprint density at radius 3 is 2.62 bits per heavy atom. The highest BCUT2D eigenvalue weighted by Gasteiger charge is 2.64. The van der Waals surface area contributed by atoms with Crippen molar-refractivity contribution in [3.05, 3.63) is 23.9 Å². The van der Waals surface area contributed by atoms with Crippen LogP contribution in [0.5, 0.6) is 0 Å². The number of allylic oxidation sites excluding steroid dienone is 2. The summed E-state index contributed by atoms with van der Waals surface area (Å²) < 4.78 is 7.08. The van der Waals surface area contributed by atoms with E-state index in [1.165, 1.54) is 50.5 Å². The molecule has 2 bridgehead atoms. The first-order valence-corrected chi connectivity index (χ1v) is 13.2. The first-order chi connectivity index (χ1) is 15.2. The molecular formula is C27H45N3O2. The Balaban J connectivity index is 1.42. The lowest BCUT2D eigenvalue weighted by atomic mass is 9.51. The number of aliphatic hydroxyl groups excluding tert-OH is 1. The van der Waals surface area contributed by atoms with E-state index in [-0.39, 0.29) is 29.5 Å². The summed E-state index contributed by atoms with van der Waals surface area (Å²) in [5, 5.41) is 13.1. The van der Waals surface area contributed by atoms with Gasteiger partial charge in [0.05, 0.1) is 17.4 Å². The van der Waals surface area contributed by atoms with Crippen molar-refractivity contribution in [2.24, 2.45) is 34.6 Å². The molecule has 5 fully saturated rings. The van der Waals surface area contributed by atoms with Crippen molar-refractivity contribution < 1.29 is 9.84 Å². The van der Waals surface area contributed by atoms with E-state index in [1.807, 2.05) is 0 Å². The Morgan fingerprint density at radius 1 is 1.19 bits per heavy atom. The van der Waals surface area contributed by atoms with Crippen LogP contribution in [0.1, 0.15) is 90.9 Å². The van der Waals surface area contributed by atoms with Crippen molar-refractivity contribution in [3.63, 3.8) is 0 Å². The Bertz CT molecular complexity index is 771. The highest BCUT2D eigenvalue weighted by Crippen LogP contribution is 2.63. The fraction of sp³-hybridized carbons (Fsp3) is 0.852. The normalized spacial score (nSPS) is 44.5. The number of ether oxygens (including phenoxy) is 1. The van der Waals surface area contributed by atoms with E-state index in [9.17, 15) is 5.11 Å². The van der Waals surface area contributed by atoms with E-state index in [0.717, 1.165) is 25.7 Å². The van der Waals surface area contributed by atoms with Crippen LogP contribution in [0.15, 0.2) is 23.9 Å². The molecule has 0 radical (unpaired) electrons. The van der Waals surface area contributed by atoms with Gasteiger partial charge in [-0.05, 0) is 107 Å². The number of rotatable bonds is 5. The molecule has 5 heteroatoms. The predicted octanol–water partition coefficient (Wildman–Crippen LogP) is 4.11. The molecule has 3 aliphatic carbocycles. The summed E-state index contributed by atoms with van der Waals surface area (Å²) in [6.45, 7) is 4.68. The third-order valence-corrected chi connectivity index (χ3v) is 9.99. The molecule has 6 N–H and O–H groups in total. The number of fused-ring (bicyclic) bond motifs is 3. The Kier molecular flexibility index (Phi) is 5.80. The lowest BCUT2D eigenvalue weighted by Crippen LogP contribution is -2.72. The summed E-state index contributed by atoms with van der Waals surface area (Å²) in [6, 6.07) is 0. The van der Waals surface area contributed by atoms with Gasteiger partial charge in [0.2, 0.25) is 0 Å². The summed E-state index contributed by atoms with van der Waals surface area (Å²) in [7, 11) is 0. The molecule has 2 saturated heterocycles. The summed E-state index contributed by atoms with van der Waals surface area (Å²) in [5.41, 5.74) is 14.3. The second-order valence-electron chi connectivity index (χ2n) is 12.6. The maximum absolute atomic E-state index is 9.84. The fourth-order valence-corrected chi connectivity index (χ4v) is 8.94. The monoisotopic (exact) mass is 443 g/mol. The molecule has 6 aliphatic rings. The SMILES string of the molecule is CC1(C)OC2(C3CC(CC4=CNC(N)C=C4)CC4(CCCC4)C3)CCC1C(N)(CCO)C2. The van der Waals surface area contributed by atoms with Crippen LogP contribution in [0.2, 0.25) is 0 Å². The quantitative estimate of drug-likeness (QED) is 0.513. The zero-order chi connectivity index (χ0) is 22.6. The van der Waals surface area contributed by atoms with Crippen molar-refractivity contribution in [2.75, 3.05) is 6.61 Å². The van der Waals surface area contributed by atoms with Gasteiger partial charge in [0.1, 0.15) is 0 Å². The molecule has 6 rings (SSSR count). The zero-order valence-corrected chi connectivity index (χ0v) is 20.2. The lowest BCUT2D eigenvalue weighted by molar-refractivity contribution is -0.291. The van der Waals surface area contributed by atoms with Crippen molar-refractivity contribution in [3.8, 4) is 0 Å². The van der Waals surface area contributed by atoms with E-state index in [2.05, 4.69) is 37.5 Å². The second-order valence-corrected chi connectivity index (χ2v) is 12.6. The molecule has 6 unspecified atom stereocenters. The van der Waals surface area contributed by atoms with Gasteiger partial charge >= 0.3 is 0 Å². The second kappa shape index (κ2) is 8.11. The van der Waals surface area contributed by atoms with Gasteiger partial charge in [-0.3, -0.25) is 0 Å². The zero-order valence-electron chi connectivity index (χ0n) is 20.2. The first-order valence-electron chi connectivity index (χ1n) is 13.2. The summed E-state index contributed by atoms with van der Waals surface area (Å²) in [6.07, 6.45) is 20.8. The Morgan fingerprint density at radius 2 is 1.97 bits per heavy atom. The van der Waals surface area contributed by atoms with Crippen LogP contribution in [0.25, 0.3) is 0 Å². The van der Waals surface area contributed by atoms with Gasteiger partial charge in [-0.1, -0.05) is 18.9 Å². The Labute approximate surface area is 194 Å². The van der Waals surface area contributed by atoms with E-state index in [0.29, 0.717) is 29.6 Å². The minimum absolute atomic E-state index is 0.0600. The van der Waals surface area contributed by atoms with Crippen LogP contribution in [-0.4, -0.2) is 34.6 Å². The molecule has 3 saturated carbocycles. The van der Waals surface area contributed by atoms with Crippen molar-refractivity contribution >= 4 is 0 Å². The van der Waals surface area contributed by atoms with Crippen molar-refractivity contribution in [1.82, 2.24) is 5.32 Å². The molecule has 3 heterocycles. The number of nitrogens with two attached hydrogens (primary N) is 2. The predicted molar refractivity (Wildman–Crippen MR) is 129 cm³/mol. The largest absolute Gasteiger partial charge is 0.396 e. The van der Waals surface area contributed by atoms with Crippen molar-refractivity contribution in [1.29, 1.82) is 0 Å². The maximum atomic E-state index is 9.84. The van der Waals surface area contributed by atoms with Crippen LogP contribution in [0.4, 0.5) is 0 Å². The van der Waals surface area contributed by atoms with Gasteiger partial charge in [-0.2, -0.15) is 0 Å². The highest BCUT2D eigenvalue weighted by molar-refractivity contribution is 5.24. The molecule has 180 valence electrons. The van der Waals surface area contributed by atoms with Gasteiger partial charge in [0, 0.05) is 24.3 Å². The number of nitrogens with one attached hydrogen (secondary N) is 1. The van der Waals surface area contributed by atoms with Crippen LogP contribution in [-0.2, 0) is 4.74 Å². The third kappa shape index (κ3) is 3.97. The van der Waals surface area contributed by atoms with E-state index >= 15 is 0 Å². The molecule has 32 heavy (non-hydrogen) atoms. The van der Waals surface area contributed by atoms with Gasteiger partial charge in [0.25, 0.3) is 0 Å². The third-order valence-electron chi connectivity index (χ3n) is 9.99. The van der Waals surface area contributed by atoms with E-state index < -0.39 is 0 Å². The molecule has 5 nitrogen and oxygen atoms in total. The molecular weight excluding hydrogens is 398 g/mol. The van der Waals surface area contributed by atoms with Gasteiger partial charge in [-0.15, -0.1) is 0 Å². The standard InChI is InChI=1S/C27H45N3O2/c1-24(2)22-7-10-27(32-24,18-26(22,29)11-12-31)21-14-20(13-19-5-6-23(28)30-17-19)15-25(16-21)8-3-4-9-25/h5-6,17,20-23,30-31H,3-4,7-16,18,28-29H2,1-2H3. The topological polar surface area (TPSA) is 93.5 Å². The lowest BCUT2D eigenvalue weighted by Gasteiger charge is -2.66. The Hall–Kier alpha value is -0.880. The fourth-order valence-electron chi connectivity index (χ4n) is 8.94. The summed E-state index contributed by atoms with van der Waals surface area (Å²) in [5.74, 6) is 1.58. The summed E-state index contributed by atoms with van der Waals surface area (Å²) in [4.78, 5) is 0. The molecule has 0 aromatic carbocycles. The average molecular weight is 444 g/mol. The smallest absolute Gasteiger partial charge is 0.0934 e. The molecule has 1 spiro atoms. The molecule has 3 aliphatic heterocycles. The molecule has 0 aromatic heterocycles. The van der Waals surface area contributed by atoms with Crippen molar-refractivity contribution in [2.45, 2.75) is 114 Å². The van der Waals surface area contributed by atoms with Crippen LogP contribution < -0.4 is 16.8 Å². The minimum Gasteiger partial charge on any atom is -0.396 e. The van der Waals surface area contributed by atoms with E-state index in [1.54, 1.807) is 0 Å². The summed E-state index contributed by atoms with van der Waals surface area (Å²) >= 11 is 0. The molecule has 0 aromatic rings. The van der Waals surface area contributed by atoms with Gasteiger partial charge < -0.3 is 26.6 Å². The van der Waals surface area contributed by atoms with E-state index in [4.69, 9.17) is 16.2 Å². The molecule has 0 amide bonds. The van der Waals surface area contributed by atoms with Gasteiger partial charge in [-0.25, -0.2) is 0 Å². The van der Waals surface area contributed by atoms with Crippen LogP contribution in [0, 0.1) is 23.2 Å². The highest BCUT2D eigenvalue weighted by atomic mass is 16.5. The van der Waals surface area contributed by atoms with Gasteiger partial charge in [0.15, 0.2) is 0 Å². The maximum Gasteiger partial charge on any atom is 0.0934 e. The minimum atomic E-state index is -0.306. The van der Waals surface area contributed by atoms with Crippen LogP contribution >= 0.6 is 0 Å². The first kappa shape index (κ1) is 22.9. The number of aliphatic hydroxyl groups is 1. The number of dihydropyridines is 1.